The third-order valence-electron chi connectivity index (χ3n) is 3.81. The summed E-state index contributed by atoms with van der Waals surface area (Å²) in [6.07, 6.45) is 8.76. The first-order valence-corrected chi connectivity index (χ1v) is 6.58. The van der Waals surface area contributed by atoms with E-state index in [9.17, 15) is 4.79 Å². The van der Waals surface area contributed by atoms with Crippen molar-refractivity contribution in [3.63, 3.8) is 0 Å². The molecule has 0 bridgehead atoms. The second-order valence-electron chi connectivity index (χ2n) is 5.05. The summed E-state index contributed by atoms with van der Waals surface area (Å²) >= 11 is 0. The van der Waals surface area contributed by atoms with Gasteiger partial charge < -0.3 is 9.47 Å². The topological polar surface area (TPSA) is 38.8 Å². The van der Waals surface area contributed by atoms with Crippen LogP contribution < -0.4 is 0 Å². The Kier molecular flexibility index (Phi) is 3.85. The Labute approximate surface area is 97.5 Å². The Morgan fingerprint density at radius 2 is 2.12 bits per heavy atom. The van der Waals surface area contributed by atoms with Gasteiger partial charge >= 0.3 is 5.97 Å². The highest BCUT2D eigenvalue weighted by Gasteiger charge is 2.53. The zero-order valence-electron chi connectivity index (χ0n) is 10.2. The van der Waals surface area contributed by atoms with E-state index in [1.165, 1.54) is 32.1 Å². The number of hydrogen-bond donors (Lipinski definition) is 0. The fourth-order valence-corrected chi connectivity index (χ4v) is 2.69. The molecule has 3 nitrogen and oxygen atoms in total. The second kappa shape index (κ2) is 5.17. The zero-order chi connectivity index (χ0) is 11.4. The van der Waals surface area contributed by atoms with Crippen LogP contribution in [0.25, 0.3) is 0 Å². The molecule has 1 unspecified atom stereocenters. The van der Waals surface area contributed by atoms with Crippen molar-refractivity contribution in [3.05, 3.63) is 0 Å². The fraction of sp³-hybridized carbons (Fsp3) is 0.923. The second-order valence-corrected chi connectivity index (χ2v) is 5.05. The molecule has 1 saturated carbocycles. The van der Waals surface area contributed by atoms with Crippen LogP contribution in [0.15, 0.2) is 0 Å². The van der Waals surface area contributed by atoms with E-state index in [2.05, 4.69) is 0 Å². The highest BCUT2D eigenvalue weighted by Crippen LogP contribution is 2.36. The van der Waals surface area contributed by atoms with Crippen molar-refractivity contribution >= 4 is 5.97 Å². The van der Waals surface area contributed by atoms with Gasteiger partial charge in [0.2, 0.25) is 0 Å². The highest BCUT2D eigenvalue weighted by molar-refractivity contribution is 5.82. The van der Waals surface area contributed by atoms with Crippen LogP contribution in [0.1, 0.15) is 51.9 Å². The Morgan fingerprint density at radius 3 is 2.69 bits per heavy atom. The van der Waals surface area contributed by atoms with E-state index in [0.29, 0.717) is 13.2 Å². The Bertz CT molecular complexity index is 240. The van der Waals surface area contributed by atoms with Gasteiger partial charge in [0, 0.05) is 0 Å². The van der Waals surface area contributed by atoms with Gasteiger partial charge in [0.15, 0.2) is 5.60 Å². The maximum absolute atomic E-state index is 11.6. The normalized spacial score (nSPS) is 29.3. The van der Waals surface area contributed by atoms with Crippen LogP contribution in [-0.2, 0) is 14.3 Å². The molecule has 1 aliphatic heterocycles. The van der Waals surface area contributed by atoms with E-state index in [-0.39, 0.29) is 5.97 Å². The zero-order valence-corrected chi connectivity index (χ0v) is 10.2. The van der Waals surface area contributed by atoms with Gasteiger partial charge in [-0.05, 0) is 25.7 Å². The predicted octanol–water partition coefficient (Wildman–Crippen LogP) is 2.68. The molecule has 0 N–H and O–H groups in total. The molecular weight excluding hydrogens is 204 g/mol. The molecule has 16 heavy (non-hydrogen) atoms. The number of esters is 1. The van der Waals surface area contributed by atoms with Crippen LogP contribution in [0.5, 0.6) is 0 Å². The molecule has 2 rings (SSSR count). The lowest BCUT2D eigenvalue weighted by Crippen LogP contribution is -2.27. The molecule has 3 heteroatoms. The quantitative estimate of drug-likeness (QED) is 0.516. The van der Waals surface area contributed by atoms with Crippen molar-refractivity contribution in [3.8, 4) is 0 Å². The summed E-state index contributed by atoms with van der Waals surface area (Å²) in [7, 11) is 0. The molecule has 1 heterocycles. The molecule has 0 aromatic heterocycles. The molecule has 2 aliphatic rings. The van der Waals surface area contributed by atoms with Crippen molar-refractivity contribution in [2.75, 3.05) is 13.2 Å². The number of epoxide rings is 1. The molecule has 0 aromatic carbocycles. The Morgan fingerprint density at radius 1 is 1.44 bits per heavy atom. The monoisotopic (exact) mass is 226 g/mol. The summed E-state index contributed by atoms with van der Waals surface area (Å²) < 4.78 is 10.3. The molecule has 1 saturated heterocycles. The van der Waals surface area contributed by atoms with Gasteiger partial charge in [-0.25, -0.2) is 4.79 Å². The van der Waals surface area contributed by atoms with Crippen LogP contribution in [0.3, 0.4) is 0 Å². The summed E-state index contributed by atoms with van der Waals surface area (Å²) in [6.45, 7) is 2.86. The minimum absolute atomic E-state index is 0.151. The summed E-state index contributed by atoms with van der Waals surface area (Å²) in [5, 5.41) is 0. The van der Waals surface area contributed by atoms with E-state index in [0.717, 1.165) is 18.8 Å². The number of ether oxygens (including phenoxy) is 2. The van der Waals surface area contributed by atoms with Crippen LogP contribution in [0.4, 0.5) is 0 Å². The maximum Gasteiger partial charge on any atom is 0.340 e. The first-order valence-electron chi connectivity index (χ1n) is 6.58. The Hall–Kier alpha value is -0.570. The van der Waals surface area contributed by atoms with Gasteiger partial charge in [-0.1, -0.05) is 32.1 Å². The minimum atomic E-state index is -0.547. The van der Waals surface area contributed by atoms with E-state index in [1.807, 2.05) is 6.92 Å². The number of carbonyl (C=O) groups excluding carboxylic acids is 1. The van der Waals surface area contributed by atoms with Crippen molar-refractivity contribution in [1.29, 1.82) is 0 Å². The maximum atomic E-state index is 11.6. The fourth-order valence-electron chi connectivity index (χ4n) is 2.69. The summed E-state index contributed by atoms with van der Waals surface area (Å²) in [5.41, 5.74) is -0.547. The standard InChI is InChI=1S/C13H22O3/c1-2-15-12(14)13(10-16-13)9-5-8-11-6-3-4-7-11/h11H,2-10H2,1H3. The first kappa shape index (κ1) is 11.9. The van der Waals surface area contributed by atoms with E-state index in [4.69, 9.17) is 9.47 Å². The SMILES string of the molecule is CCOC(=O)C1(CCCC2CCCC2)CO1. The van der Waals surface area contributed by atoms with E-state index < -0.39 is 5.60 Å². The largest absolute Gasteiger partial charge is 0.464 e. The number of rotatable bonds is 6. The van der Waals surface area contributed by atoms with Gasteiger partial charge in [0.25, 0.3) is 0 Å². The summed E-state index contributed by atoms with van der Waals surface area (Å²) in [4.78, 5) is 11.6. The highest BCUT2D eigenvalue weighted by atomic mass is 16.6. The van der Waals surface area contributed by atoms with Crippen molar-refractivity contribution in [2.45, 2.75) is 57.5 Å². The Balaban J connectivity index is 1.66. The molecule has 0 aromatic rings. The average molecular weight is 226 g/mol. The third-order valence-corrected chi connectivity index (χ3v) is 3.81. The molecule has 0 spiro atoms. The van der Waals surface area contributed by atoms with E-state index in [1.54, 1.807) is 0 Å². The molecule has 2 fully saturated rings. The van der Waals surface area contributed by atoms with Gasteiger partial charge in [0.1, 0.15) is 0 Å². The van der Waals surface area contributed by atoms with Crippen molar-refractivity contribution in [2.24, 2.45) is 5.92 Å². The van der Waals surface area contributed by atoms with Gasteiger partial charge in [-0.3, -0.25) is 0 Å². The van der Waals surface area contributed by atoms with Crippen LogP contribution in [0.2, 0.25) is 0 Å². The third kappa shape index (κ3) is 2.76. The number of carbonyl (C=O) groups is 1. The molecule has 0 amide bonds. The smallest absolute Gasteiger partial charge is 0.340 e. The van der Waals surface area contributed by atoms with Gasteiger partial charge in [-0.15, -0.1) is 0 Å². The molecule has 0 radical (unpaired) electrons. The number of hydrogen-bond acceptors (Lipinski definition) is 3. The first-order chi connectivity index (χ1) is 7.77. The average Bonchev–Trinajstić information content (AvgIpc) is 2.88. The summed E-state index contributed by atoms with van der Waals surface area (Å²) in [6, 6.07) is 0. The van der Waals surface area contributed by atoms with Gasteiger partial charge in [0.05, 0.1) is 13.2 Å². The van der Waals surface area contributed by atoms with E-state index >= 15 is 0 Å². The van der Waals surface area contributed by atoms with Crippen LogP contribution in [-0.4, -0.2) is 24.8 Å². The van der Waals surface area contributed by atoms with Crippen LogP contribution in [0, 0.1) is 5.92 Å². The minimum Gasteiger partial charge on any atom is -0.464 e. The molecular formula is C13H22O3. The van der Waals surface area contributed by atoms with Crippen molar-refractivity contribution in [1.82, 2.24) is 0 Å². The predicted molar refractivity (Wildman–Crippen MR) is 61.1 cm³/mol. The molecule has 92 valence electrons. The molecule has 1 aliphatic carbocycles. The van der Waals surface area contributed by atoms with Crippen LogP contribution >= 0.6 is 0 Å². The lowest BCUT2D eigenvalue weighted by Gasteiger charge is -2.12. The lowest BCUT2D eigenvalue weighted by atomic mass is 9.96. The molecule has 1 atom stereocenters. The summed E-state index contributed by atoms with van der Waals surface area (Å²) in [5.74, 6) is 0.749. The van der Waals surface area contributed by atoms with Crippen molar-refractivity contribution < 1.29 is 14.3 Å². The lowest BCUT2D eigenvalue weighted by molar-refractivity contribution is -0.149. The van der Waals surface area contributed by atoms with Gasteiger partial charge in [-0.2, -0.15) is 0 Å².